The van der Waals surface area contributed by atoms with Gasteiger partial charge in [-0.15, -0.1) is 26.4 Å². The zero-order valence-corrected chi connectivity index (χ0v) is 33.9. The molecule has 1 atom stereocenters. The lowest BCUT2D eigenvalue weighted by Gasteiger charge is -2.32. The number of benzene rings is 2. The van der Waals surface area contributed by atoms with Gasteiger partial charge in [-0.05, 0) is 51.8 Å². The Balaban J connectivity index is 0.000000310. The molecule has 0 radical (unpaired) electrons. The summed E-state index contributed by atoms with van der Waals surface area (Å²) in [4.78, 5) is 52.7. The summed E-state index contributed by atoms with van der Waals surface area (Å²) in [7, 11) is -3.53. The molecule has 2 aromatic carbocycles. The van der Waals surface area contributed by atoms with Crippen molar-refractivity contribution >= 4 is 44.9 Å². The third-order valence-corrected chi connectivity index (χ3v) is 9.39. The summed E-state index contributed by atoms with van der Waals surface area (Å²) in [5.74, 6) is -1.46. The molecule has 5 aromatic rings. The molecule has 5 rings (SSSR count). The molecular formula is C37H43BrN8O7S2. The van der Waals surface area contributed by atoms with E-state index >= 15 is 0 Å². The zero-order valence-electron chi connectivity index (χ0n) is 30.7. The van der Waals surface area contributed by atoms with Gasteiger partial charge in [-0.3, -0.25) is 19.8 Å². The third-order valence-electron chi connectivity index (χ3n) is 8.01. The highest BCUT2D eigenvalue weighted by molar-refractivity contribution is 7.88. The minimum absolute atomic E-state index is 0. The van der Waals surface area contributed by atoms with Gasteiger partial charge in [-0.2, -0.15) is 9.78 Å². The van der Waals surface area contributed by atoms with Gasteiger partial charge in [-0.25, -0.2) is 13.2 Å². The van der Waals surface area contributed by atoms with E-state index in [1.165, 1.54) is 28.5 Å². The molecule has 3 aromatic heterocycles. The Morgan fingerprint density at radius 2 is 1.69 bits per heavy atom. The van der Waals surface area contributed by atoms with Gasteiger partial charge in [0.05, 0.1) is 11.1 Å². The van der Waals surface area contributed by atoms with Crippen molar-refractivity contribution in [2.24, 2.45) is 5.92 Å². The van der Waals surface area contributed by atoms with E-state index in [1.54, 1.807) is 29.0 Å². The van der Waals surface area contributed by atoms with E-state index in [0.717, 1.165) is 41.4 Å². The second-order valence-corrected chi connectivity index (χ2v) is 15.3. The summed E-state index contributed by atoms with van der Waals surface area (Å²) >= 11 is 1.35. The summed E-state index contributed by atoms with van der Waals surface area (Å²) in [5.41, 5.74) is 5.97. The van der Waals surface area contributed by atoms with Crippen LogP contribution in [0.2, 0.25) is 0 Å². The largest absolute Gasteiger partial charge is 1.00 e. The number of nitrogens with one attached hydrogen (secondary N) is 3. The highest BCUT2D eigenvalue weighted by Gasteiger charge is 2.32. The van der Waals surface area contributed by atoms with Crippen molar-refractivity contribution in [1.82, 2.24) is 35.8 Å². The number of sulfonamides is 1. The maximum atomic E-state index is 12.9. The number of rotatable bonds is 16. The van der Waals surface area contributed by atoms with Crippen LogP contribution in [0.3, 0.4) is 0 Å². The maximum absolute atomic E-state index is 12.9. The summed E-state index contributed by atoms with van der Waals surface area (Å²) in [6, 6.07) is 21.4. The second-order valence-electron chi connectivity index (χ2n) is 12.6. The molecule has 0 aliphatic carbocycles. The molecule has 0 saturated heterocycles. The second kappa shape index (κ2) is 21.1. The number of carboxylic acid groups (broad SMARTS) is 1. The number of H-pyrrole nitrogens is 1. The number of hydrogen-bond donors (Lipinski definition) is 4. The number of tetrazole rings is 1. The molecule has 55 heavy (non-hydrogen) atoms. The van der Waals surface area contributed by atoms with Gasteiger partial charge in [0, 0.05) is 24.6 Å². The predicted octanol–water partition coefficient (Wildman–Crippen LogP) is 1.28. The zero-order chi connectivity index (χ0) is 39.3. The van der Waals surface area contributed by atoms with Gasteiger partial charge >= 0.3 is 5.97 Å². The smallest absolute Gasteiger partial charge is 0.326 e. The van der Waals surface area contributed by atoms with Crippen LogP contribution in [0.15, 0.2) is 90.6 Å². The van der Waals surface area contributed by atoms with E-state index in [4.69, 9.17) is 0 Å². The highest BCUT2D eigenvalue weighted by atomic mass is 79.9. The number of hydrazine groups is 1. The molecule has 0 aliphatic rings. The van der Waals surface area contributed by atoms with Crippen LogP contribution in [0, 0.1) is 5.92 Å². The summed E-state index contributed by atoms with van der Waals surface area (Å²) < 4.78 is 23.4. The number of amides is 2. The molecule has 0 unspecified atom stereocenters. The van der Waals surface area contributed by atoms with E-state index in [-0.39, 0.29) is 53.2 Å². The van der Waals surface area contributed by atoms with Gasteiger partial charge in [-0.1, -0.05) is 81.8 Å². The number of pyridine rings is 1. The van der Waals surface area contributed by atoms with Crippen LogP contribution in [-0.2, 0) is 32.7 Å². The Labute approximate surface area is 334 Å². The van der Waals surface area contributed by atoms with Crippen LogP contribution in [0.5, 0.6) is 0 Å². The summed E-state index contributed by atoms with van der Waals surface area (Å²) in [5, 5.41) is 25.9. The Bertz CT molecular complexity index is 2130. The number of unbranched alkanes of at least 4 members (excludes halogenated alkanes) is 1. The number of hydrogen-bond acceptors (Lipinski definition) is 10. The number of nitrogens with zero attached hydrogens (tertiary/aromatic N) is 5. The van der Waals surface area contributed by atoms with Crippen molar-refractivity contribution in [2.45, 2.75) is 59.2 Å². The predicted molar refractivity (Wildman–Crippen MR) is 202 cm³/mol. The van der Waals surface area contributed by atoms with Gasteiger partial charge in [0.15, 0.2) is 12.4 Å². The van der Waals surface area contributed by atoms with E-state index in [0.29, 0.717) is 17.1 Å². The number of aromatic amines is 1. The maximum Gasteiger partial charge on any atom is 0.326 e. The Kier molecular flexibility index (Phi) is 16.9. The fraction of sp³-hybridized carbons (Fsp3) is 0.297. The monoisotopic (exact) mass is 854 g/mol. The lowest BCUT2D eigenvalue weighted by molar-refractivity contribution is -0.683. The lowest BCUT2D eigenvalue weighted by Crippen LogP contribution is -3.00. The normalized spacial score (nSPS) is 11.4. The standard InChI is InChI=1S/C24H29N5O3.C13H13N3O4S2.BrH/c1-4-5-10-21(30)29(22(16(2)3)24(31)32)15-17-11-13-18(14-12-17)19-8-6-7-9-20(19)23-25-27-28-26-23;1-22(19,20)15-14-13(18)10-4-2-6-16(8-10)9-11(17)12-5-3-7-21-12;/h6-9,11-14,16,22H,4-5,10,15H2,1-3H3,(H,31,32)(H,25,26,27,28);2-8,15H,9H2,1H3;1H/t22-;;/m0../s1. The highest BCUT2D eigenvalue weighted by Crippen LogP contribution is 2.30. The van der Waals surface area contributed by atoms with E-state index in [9.17, 15) is 32.7 Å². The number of halogens is 1. The minimum atomic E-state index is -3.53. The molecule has 0 aliphatic heterocycles. The van der Waals surface area contributed by atoms with Crippen molar-refractivity contribution in [1.29, 1.82) is 0 Å². The van der Waals surface area contributed by atoms with Crippen LogP contribution in [0.25, 0.3) is 22.5 Å². The number of carbonyl (C=O) groups is 4. The van der Waals surface area contributed by atoms with Gasteiger partial charge in [0.25, 0.3) is 5.91 Å². The van der Waals surface area contributed by atoms with Crippen molar-refractivity contribution in [3.63, 3.8) is 0 Å². The lowest BCUT2D eigenvalue weighted by atomic mass is 9.97. The molecule has 3 heterocycles. The fourth-order valence-corrected chi connectivity index (χ4v) is 6.37. The molecule has 0 fully saturated rings. The van der Waals surface area contributed by atoms with E-state index in [1.807, 2.05) is 79.5 Å². The fourth-order valence-electron chi connectivity index (χ4n) is 5.43. The SMILES string of the molecule is CCCCC(=O)N(Cc1ccc(-c2ccccc2-c2nn[nH]n2)cc1)[C@H](C(=O)O)C(C)C.CS(=O)(=O)NNC(=O)c1ccc[n+](CC(=O)c2cccs2)c1.[Br-]. The average molecular weight is 856 g/mol. The molecule has 15 nitrogen and oxygen atoms in total. The third kappa shape index (κ3) is 13.3. The van der Waals surface area contributed by atoms with Gasteiger partial charge in [0.1, 0.15) is 11.6 Å². The number of aliphatic carboxylic acids is 1. The number of carbonyl (C=O) groups excluding carboxylic acids is 3. The first-order chi connectivity index (χ1) is 25.8. The number of ketones is 1. The van der Waals surface area contributed by atoms with Crippen LogP contribution in [0.4, 0.5) is 0 Å². The van der Waals surface area contributed by atoms with Crippen molar-refractivity contribution in [2.75, 3.05) is 6.26 Å². The molecule has 292 valence electrons. The molecule has 0 spiro atoms. The van der Waals surface area contributed by atoms with Crippen LogP contribution < -0.4 is 31.8 Å². The first-order valence-electron chi connectivity index (χ1n) is 17.0. The first kappa shape index (κ1) is 44.2. The molecule has 0 saturated carbocycles. The first-order valence-corrected chi connectivity index (χ1v) is 19.8. The molecule has 0 bridgehead atoms. The molecule has 4 N–H and O–H groups in total. The van der Waals surface area contributed by atoms with Crippen LogP contribution in [0.1, 0.15) is 65.6 Å². The molecular weight excluding hydrogens is 812 g/mol. The summed E-state index contributed by atoms with van der Waals surface area (Å²) in [6.07, 6.45) is 6.04. The number of aromatic nitrogens is 5. The van der Waals surface area contributed by atoms with Crippen LogP contribution >= 0.6 is 11.3 Å². The molecule has 2 amide bonds. The quantitative estimate of drug-likeness (QED) is 0.0635. The minimum Gasteiger partial charge on any atom is -1.00 e. The van der Waals surface area contributed by atoms with Gasteiger partial charge in [0.2, 0.25) is 34.1 Å². The number of thiophene rings is 1. The van der Waals surface area contributed by atoms with Crippen molar-refractivity contribution < 1.29 is 54.3 Å². The Morgan fingerprint density at radius 3 is 2.27 bits per heavy atom. The number of carboxylic acids is 1. The summed E-state index contributed by atoms with van der Waals surface area (Å²) in [6.45, 7) is 6.03. The Morgan fingerprint density at radius 1 is 0.982 bits per heavy atom. The number of Topliss-reactive ketones (excluding diaryl/α,β-unsaturated/α-hetero) is 1. The average Bonchev–Trinajstić information content (AvgIpc) is 3.89. The van der Waals surface area contributed by atoms with E-state index < -0.39 is 27.9 Å². The van der Waals surface area contributed by atoms with Gasteiger partial charge < -0.3 is 27.0 Å². The van der Waals surface area contributed by atoms with Crippen molar-refractivity contribution in [3.8, 4) is 22.5 Å². The Hall–Kier alpha value is -5.17. The van der Waals surface area contributed by atoms with Crippen LogP contribution in [-0.4, -0.2) is 74.9 Å². The molecule has 18 heteroatoms. The topological polar surface area (TPSA) is 208 Å². The van der Waals surface area contributed by atoms with E-state index in [2.05, 4.69) is 26.0 Å². The van der Waals surface area contributed by atoms with Crippen molar-refractivity contribution in [3.05, 3.63) is 107 Å².